The molecule has 168 valence electrons. The van der Waals surface area contributed by atoms with Gasteiger partial charge < -0.3 is 10.1 Å². The molecule has 0 heterocycles. The number of rotatable bonds is 6. The van der Waals surface area contributed by atoms with Gasteiger partial charge in [-0.2, -0.15) is 0 Å². The minimum absolute atomic E-state index is 0.00908. The summed E-state index contributed by atoms with van der Waals surface area (Å²) in [5, 5.41) is 5.20. The van der Waals surface area contributed by atoms with E-state index in [4.69, 9.17) is 27.9 Å². The van der Waals surface area contributed by atoms with Gasteiger partial charge in [0.25, 0.3) is 15.9 Å². The van der Waals surface area contributed by atoms with E-state index in [1.165, 1.54) is 49.6 Å². The summed E-state index contributed by atoms with van der Waals surface area (Å²) in [6.07, 6.45) is 0. The van der Waals surface area contributed by atoms with Crippen molar-refractivity contribution < 1.29 is 17.9 Å². The number of methoxy groups -OCH3 is 1. The number of fused-ring (bicyclic) bond motifs is 1. The molecule has 4 aromatic carbocycles. The molecule has 0 saturated carbocycles. The number of carbonyl (C=O) groups is 1. The summed E-state index contributed by atoms with van der Waals surface area (Å²) in [7, 11) is -2.39. The third-order valence-corrected chi connectivity index (χ3v) is 6.84. The van der Waals surface area contributed by atoms with E-state index in [2.05, 4.69) is 10.0 Å². The first-order valence-electron chi connectivity index (χ1n) is 9.73. The molecule has 0 saturated heterocycles. The van der Waals surface area contributed by atoms with Crippen molar-refractivity contribution in [3.8, 4) is 5.75 Å². The largest absolute Gasteiger partial charge is 0.496 e. The van der Waals surface area contributed by atoms with E-state index in [0.717, 1.165) is 10.8 Å². The van der Waals surface area contributed by atoms with E-state index >= 15 is 0 Å². The van der Waals surface area contributed by atoms with Crippen molar-refractivity contribution >= 4 is 61.3 Å². The van der Waals surface area contributed by atoms with Crippen LogP contribution in [0.4, 0.5) is 11.4 Å². The second-order valence-corrected chi connectivity index (χ2v) is 9.63. The fourth-order valence-electron chi connectivity index (χ4n) is 3.26. The topological polar surface area (TPSA) is 84.5 Å². The first-order valence-corrected chi connectivity index (χ1v) is 12.0. The van der Waals surface area contributed by atoms with Crippen LogP contribution in [-0.2, 0) is 10.0 Å². The highest BCUT2D eigenvalue weighted by Gasteiger charge is 2.17. The third kappa shape index (κ3) is 5.06. The number of carbonyl (C=O) groups excluding carboxylic acids is 1. The molecule has 9 heteroatoms. The van der Waals surface area contributed by atoms with Crippen molar-refractivity contribution in [1.29, 1.82) is 0 Å². The second kappa shape index (κ2) is 9.31. The Hall–Kier alpha value is -3.26. The molecule has 0 radical (unpaired) electrons. The highest BCUT2D eigenvalue weighted by Crippen LogP contribution is 2.29. The highest BCUT2D eigenvalue weighted by atomic mass is 35.5. The summed E-state index contributed by atoms with van der Waals surface area (Å²) in [6.45, 7) is 0. The molecule has 0 spiro atoms. The molecule has 2 N–H and O–H groups in total. The zero-order valence-corrected chi connectivity index (χ0v) is 19.6. The lowest BCUT2D eigenvalue weighted by Crippen LogP contribution is -2.15. The van der Waals surface area contributed by atoms with Gasteiger partial charge in [0, 0.05) is 10.7 Å². The van der Waals surface area contributed by atoms with Crippen molar-refractivity contribution in [2.24, 2.45) is 0 Å². The molecule has 0 aliphatic rings. The Morgan fingerprint density at radius 2 is 1.55 bits per heavy atom. The first-order chi connectivity index (χ1) is 15.8. The van der Waals surface area contributed by atoms with Crippen LogP contribution in [0.2, 0.25) is 10.0 Å². The maximum Gasteiger partial charge on any atom is 0.261 e. The smallest absolute Gasteiger partial charge is 0.261 e. The second-order valence-electron chi connectivity index (χ2n) is 7.11. The number of hydrogen-bond donors (Lipinski definition) is 2. The molecule has 33 heavy (non-hydrogen) atoms. The van der Waals surface area contributed by atoms with Gasteiger partial charge in [-0.1, -0.05) is 47.5 Å². The molecule has 0 aliphatic heterocycles. The van der Waals surface area contributed by atoms with Gasteiger partial charge in [0.05, 0.1) is 28.3 Å². The zero-order chi connectivity index (χ0) is 23.6. The van der Waals surface area contributed by atoms with Crippen LogP contribution in [0.25, 0.3) is 10.8 Å². The van der Waals surface area contributed by atoms with Crippen LogP contribution >= 0.6 is 23.2 Å². The maximum absolute atomic E-state index is 12.9. The van der Waals surface area contributed by atoms with Gasteiger partial charge in [0.1, 0.15) is 5.75 Å². The van der Waals surface area contributed by atoms with E-state index < -0.39 is 10.0 Å². The number of amides is 1. The van der Waals surface area contributed by atoms with Crippen LogP contribution in [0.3, 0.4) is 0 Å². The standard InChI is InChI=1S/C24H18Cl2N2O4S/c1-32-23-13-16-5-3-2-4-15(16)12-20(23)24(29)27-18-7-9-19(10-8-18)33(30,31)28-22-11-6-17(25)14-21(22)26/h2-14,28H,1H3,(H,27,29). The van der Waals surface area contributed by atoms with Crippen molar-refractivity contribution in [3.63, 3.8) is 0 Å². The van der Waals surface area contributed by atoms with Gasteiger partial charge in [-0.15, -0.1) is 0 Å². The molecule has 0 fully saturated rings. The van der Waals surface area contributed by atoms with Crippen molar-refractivity contribution in [1.82, 2.24) is 0 Å². The van der Waals surface area contributed by atoms with Crippen LogP contribution in [0.15, 0.2) is 83.8 Å². The quantitative estimate of drug-likeness (QED) is 0.329. The summed E-state index contributed by atoms with van der Waals surface area (Å²) >= 11 is 11.9. The van der Waals surface area contributed by atoms with E-state index in [1.54, 1.807) is 12.1 Å². The Morgan fingerprint density at radius 1 is 0.879 bits per heavy atom. The van der Waals surface area contributed by atoms with E-state index in [0.29, 0.717) is 22.0 Å². The highest BCUT2D eigenvalue weighted by molar-refractivity contribution is 7.92. The lowest BCUT2D eigenvalue weighted by molar-refractivity contribution is 0.102. The Bertz CT molecular complexity index is 1460. The summed E-state index contributed by atoms with van der Waals surface area (Å²) in [4.78, 5) is 12.9. The van der Waals surface area contributed by atoms with Crippen molar-refractivity contribution in [2.45, 2.75) is 4.90 Å². The SMILES string of the molecule is COc1cc2ccccc2cc1C(=O)Nc1ccc(S(=O)(=O)Nc2ccc(Cl)cc2Cl)cc1. The predicted octanol–water partition coefficient (Wildman–Crippen LogP) is 6.21. The molecular formula is C24H18Cl2N2O4S. The fourth-order valence-corrected chi connectivity index (χ4v) is 4.85. The number of anilines is 2. The molecule has 4 aromatic rings. The van der Waals surface area contributed by atoms with Gasteiger partial charge in [0.15, 0.2) is 0 Å². The molecule has 0 aliphatic carbocycles. The van der Waals surface area contributed by atoms with E-state index in [9.17, 15) is 13.2 Å². The van der Waals surface area contributed by atoms with Crippen molar-refractivity contribution in [2.75, 3.05) is 17.1 Å². The predicted molar refractivity (Wildman–Crippen MR) is 132 cm³/mol. The zero-order valence-electron chi connectivity index (χ0n) is 17.3. The molecular weight excluding hydrogens is 483 g/mol. The number of benzene rings is 4. The summed E-state index contributed by atoms with van der Waals surface area (Å²) in [5.41, 5.74) is 1.01. The number of halogens is 2. The minimum Gasteiger partial charge on any atom is -0.496 e. The van der Waals surface area contributed by atoms with Crippen LogP contribution in [0.1, 0.15) is 10.4 Å². The normalized spacial score (nSPS) is 11.2. The summed E-state index contributed by atoms with van der Waals surface area (Å²) in [5.74, 6) is 0.0636. The van der Waals surface area contributed by atoms with Gasteiger partial charge in [-0.25, -0.2) is 8.42 Å². The monoisotopic (exact) mass is 500 g/mol. The van der Waals surface area contributed by atoms with E-state index in [1.807, 2.05) is 24.3 Å². The number of hydrogen-bond acceptors (Lipinski definition) is 4. The number of nitrogens with one attached hydrogen (secondary N) is 2. The van der Waals surface area contributed by atoms with Crippen molar-refractivity contribution in [3.05, 3.63) is 94.5 Å². The van der Waals surface area contributed by atoms with Gasteiger partial charge in [-0.05, 0) is 65.4 Å². The number of sulfonamides is 1. The molecule has 1 amide bonds. The van der Waals surface area contributed by atoms with E-state index in [-0.39, 0.29) is 21.5 Å². The molecule has 4 rings (SSSR count). The average molecular weight is 501 g/mol. The fraction of sp³-hybridized carbons (Fsp3) is 0.0417. The Morgan fingerprint density at radius 3 is 2.18 bits per heavy atom. The molecule has 0 bridgehead atoms. The number of ether oxygens (including phenoxy) is 1. The minimum atomic E-state index is -3.89. The lowest BCUT2D eigenvalue weighted by atomic mass is 10.1. The summed E-state index contributed by atoms with van der Waals surface area (Å²) < 4.78 is 33.2. The van der Waals surface area contributed by atoms with Gasteiger partial charge >= 0.3 is 0 Å². The van der Waals surface area contributed by atoms with Crippen LogP contribution in [0, 0.1) is 0 Å². The maximum atomic E-state index is 12.9. The lowest BCUT2D eigenvalue weighted by Gasteiger charge is -2.12. The van der Waals surface area contributed by atoms with Crippen LogP contribution in [0.5, 0.6) is 5.75 Å². The Labute approximate surface area is 201 Å². The van der Waals surface area contributed by atoms with Crippen LogP contribution < -0.4 is 14.8 Å². The molecule has 0 unspecified atom stereocenters. The first kappa shape index (κ1) is 22.9. The molecule has 0 atom stereocenters. The Kier molecular flexibility index (Phi) is 6.47. The summed E-state index contributed by atoms with van der Waals surface area (Å²) in [6, 6.07) is 21.4. The third-order valence-electron chi connectivity index (χ3n) is 4.91. The van der Waals surface area contributed by atoms with Gasteiger partial charge in [-0.3, -0.25) is 9.52 Å². The van der Waals surface area contributed by atoms with Gasteiger partial charge in [0.2, 0.25) is 0 Å². The Balaban J connectivity index is 1.54. The van der Waals surface area contributed by atoms with Crippen LogP contribution in [-0.4, -0.2) is 21.4 Å². The molecule has 0 aromatic heterocycles. The average Bonchev–Trinajstić information content (AvgIpc) is 2.80. The molecule has 6 nitrogen and oxygen atoms in total.